The molecule has 1 aromatic carbocycles. The lowest BCUT2D eigenvalue weighted by Crippen LogP contribution is -2.30. The van der Waals surface area contributed by atoms with Gasteiger partial charge in [-0.25, -0.2) is 4.79 Å². The minimum Gasteiger partial charge on any atom is -0.508 e. The first kappa shape index (κ1) is 13.7. The number of benzene rings is 1. The molecule has 1 aromatic rings. The number of carbonyl (C=O) groups excluding carboxylic acids is 3. The number of carbonyl (C=O) groups is 3. The zero-order valence-electron chi connectivity index (χ0n) is 9.83. The zero-order chi connectivity index (χ0) is 13.5. The first-order chi connectivity index (χ1) is 8.52. The van der Waals surface area contributed by atoms with Crippen molar-refractivity contribution < 1.29 is 24.3 Å². The van der Waals surface area contributed by atoms with E-state index in [0.29, 0.717) is 11.5 Å². The Bertz CT molecular complexity index is 440. The topological polar surface area (TPSA) is 83.9 Å². The molecule has 6 nitrogen and oxygen atoms in total. The van der Waals surface area contributed by atoms with E-state index in [-0.39, 0.29) is 18.6 Å². The Kier molecular flexibility index (Phi) is 4.86. The molecule has 0 saturated carbocycles. The van der Waals surface area contributed by atoms with Gasteiger partial charge in [-0.1, -0.05) is 12.1 Å². The van der Waals surface area contributed by atoms with Crippen LogP contribution in [0.5, 0.6) is 5.75 Å². The number of phenolic OH excluding ortho intramolecular Hbond substituents is 1. The zero-order valence-corrected chi connectivity index (χ0v) is 9.83. The SMILES string of the molecule is CC(=O)N(C=O)OC(=O)CCc1ccc(O)cc1. The fraction of sp³-hybridized carbons (Fsp3) is 0.250. The van der Waals surface area contributed by atoms with E-state index in [1.165, 1.54) is 12.1 Å². The summed E-state index contributed by atoms with van der Waals surface area (Å²) in [6.07, 6.45) is 0.562. The Morgan fingerprint density at radius 3 is 2.44 bits per heavy atom. The normalized spacial score (nSPS) is 9.61. The Labute approximate surface area is 104 Å². The number of aromatic hydroxyl groups is 1. The summed E-state index contributed by atoms with van der Waals surface area (Å²) >= 11 is 0. The second-order valence-corrected chi connectivity index (χ2v) is 3.58. The average molecular weight is 251 g/mol. The van der Waals surface area contributed by atoms with Crippen molar-refractivity contribution in [2.75, 3.05) is 0 Å². The summed E-state index contributed by atoms with van der Waals surface area (Å²) in [6.45, 7) is 1.11. The van der Waals surface area contributed by atoms with E-state index in [1.54, 1.807) is 12.1 Å². The van der Waals surface area contributed by atoms with E-state index in [2.05, 4.69) is 4.84 Å². The average Bonchev–Trinajstić information content (AvgIpc) is 2.35. The quantitative estimate of drug-likeness (QED) is 0.631. The monoisotopic (exact) mass is 251 g/mol. The van der Waals surface area contributed by atoms with Crippen molar-refractivity contribution in [1.82, 2.24) is 5.06 Å². The number of hydrogen-bond acceptors (Lipinski definition) is 5. The molecule has 0 spiro atoms. The standard InChI is InChI=1S/C12H13NO5/c1-9(15)13(8-14)18-12(17)7-4-10-2-5-11(16)6-3-10/h2-3,5-6,8,16H,4,7H2,1H3. The largest absolute Gasteiger partial charge is 0.508 e. The molecule has 96 valence electrons. The van der Waals surface area contributed by atoms with Crippen LogP contribution < -0.4 is 0 Å². The second kappa shape index (κ2) is 6.39. The summed E-state index contributed by atoms with van der Waals surface area (Å²) in [5.74, 6) is -1.20. The molecule has 0 aliphatic carbocycles. The number of hydroxylamine groups is 2. The Balaban J connectivity index is 2.43. The Morgan fingerprint density at radius 1 is 1.33 bits per heavy atom. The predicted octanol–water partition coefficient (Wildman–Crippen LogP) is 0.788. The van der Waals surface area contributed by atoms with Gasteiger partial charge in [-0.15, -0.1) is 5.06 Å². The van der Waals surface area contributed by atoms with Gasteiger partial charge in [-0.3, -0.25) is 9.59 Å². The van der Waals surface area contributed by atoms with Crippen LogP contribution in [0.1, 0.15) is 18.9 Å². The summed E-state index contributed by atoms with van der Waals surface area (Å²) in [6, 6.07) is 6.36. The molecule has 1 rings (SSSR count). The van der Waals surface area contributed by atoms with Crippen molar-refractivity contribution in [2.45, 2.75) is 19.8 Å². The van der Waals surface area contributed by atoms with Gasteiger partial charge in [0, 0.05) is 6.92 Å². The molecule has 0 bridgehead atoms. The van der Waals surface area contributed by atoms with Crippen molar-refractivity contribution in [2.24, 2.45) is 0 Å². The van der Waals surface area contributed by atoms with Crippen LogP contribution in [0.15, 0.2) is 24.3 Å². The van der Waals surface area contributed by atoms with Gasteiger partial charge in [0.05, 0.1) is 6.42 Å². The summed E-state index contributed by atoms with van der Waals surface area (Å²) in [5.41, 5.74) is 0.838. The lowest BCUT2D eigenvalue weighted by Gasteiger charge is -2.11. The molecular formula is C12H13NO5. The van der Waals surface area contributed by atoms with E-state index in [9.17, 15) is 14.4 Å². The molecule has 0 aromatic heterocycles. The molecule has 0 unspecified atom stereocenters. The number of aryl methyl sites for hydroxylation is 1. The number of imide groups is 1. The lowest BCUT2D eigenvalue weighted by atomic mass is 10.1. The van der Waals surface area contributed by atoms with Crippen LogP contribution >= 0.6 is 0 Å². The number of hydrogen-bond donors (Lipinski definition) is 1. The van der Waals surface area contributed by atoms with Gasteiger partial charge in [0.1, 0.15) is 5.75 Å². The molecule has 2 amide bonds. The van der Waals surface area contributed by atoms with Gasteiger partial charge >= 0.3 is 5.97 Å². The maximum atomic E-state index is 11.3. The van der Waals surface area contributed by atoms with Crippen molar-refractivity contribution in [1.29, 1.82) is 0 Å². The number of amides is 2. The molecule has 0 aliphatic rings. The third kappa shape index (κ3) is 4.25. The van der Waals surface area contributed by atoms with Crippen LogP contribution in [0, 0.1) is 0 Å². The van der Waals surface area contributed by atoms with Crippen LogP contribution in [-0.4, -0.2) is 28.5 Å². The van der Waals surface area contributed by atoms with Crippen molar-refractivity contribution in [3.05, 3.63) is 29.8 Å². The second-order valence-electron chi connectivity index (χ2n) is 3.58. The molecule has 0 atom stereocenters. The highest BCUT2D eigenvalue weighted by atomic mass is 16.7. The molecule has 0 heterocycles. The molecule has 0 saturated heterocycles. The van der Waals surface area contributed by atoms with E-state index >= 15 is 0 Å². The van der Waals surface area contributed by atoms with Gasteiger partial charge in [0.15, 0.2) is 0 Å². The van der Waals surface area contributed by atoms with Crippen molar-refractivity contribution in [3.8, 4) is 5.75 Å². The third-order valence-corrected chi connectivity index (χ3v) is 2.16. The van der Waals surface area contributed by atoms with E-state index in [1.807, 2.05) is 0 Å². The van der Waals surface area contributed by atoms with Crippen LogP contribution in [0.4, 0.5) is 0 Å². The van der Waals surface area contributed by atoms with E-state index < -0.39 is 11.9 Å². The minimum absolute atomic E-state index is 0.0302. The molecule has 6 heteroatoms. The van der Waals surface area contributed by atoms with Crippen LogP contribution in [-0.2, 0) is 25.6 Å². The Hall–Kier alpha value is -2.37. The van der Waals surface area contributed by atoms with Gasteiger partial charge in [0.2, 0.25) is 0 Å². The van der Waals surface area contributed by atoms with Gasteiger partial charge in [-0.05, 0) is 24.1 Å². The predicted molar refractivity (Wildman–Crippen MR) is 61.1 cm³/mol. The summed E-state index contributed by atoms with van der Waals surface area (Å²) in [4.78, 5) is 37.1. The molecule has 0 radical (unpaired) electrons. The molecule has 1 N–H and O–H groups in total. The molecular weight excluding hydrogens is 238 g/mol. The summed E-state index contributed by atoms with van der Waals surface area (Å²) in [7, 11) is 0. The summed E-state index contributed by atoms with van der Waals surface area (Å²) < 4.78 is 0. The van der Waals surface area contributed by atoms with E-state index in [0.717, 1.165) is 12.5 Å². The molecule has 0 fully saturated rings. The van der Waals surface area contributed by atoms with Gasteiger partial charge < -0.3 is 9.94 Å². The molecule has 0 aliphatic heterocycles. The number of nitrogens with zero attached hydrogens (tertiary/aromatic N) is 1. The smallest absolute Gasteiger partial charge is 0.333 e. The third-order valence-electron chi connectivity index (χ3n) is 2.16. The summed E-state index contributed by atoms with van der Waals surface area (Å²) in [5, 5.41) is 9.42. The van der Waals surface area contributed by atoms with Crippen LogP contribution in [0.3, 0.4) is 0 Å². The highest BCUT2D eigenvalue weighted by Gasteiger charge is 2.13. The maximum absolute atomic E-state index is 11.3. The first-order valence-corrected chi connectivity index (χ1v) is 5.26. The highest BCUT2D eigenvalue weighted by molar-refractivity contribution is 5.84. The first-order valence-electron chi connectivity index (χ1n) is 5.26. The highest BCUT2D eigenvalue weighted by Crippen LogP contribution is 2.11. The Morgan fingerprint density at radius 2 is 1.94 bits per heavy atom. The van der Waals surface area contributed by atoms with Gasteiger partial charge in [-0.2, -0.15) is 0 Å². The molecule has 18 heavy (non-hydrogen) atoms. The minimum atomic E-state index is -0.676. The fourth-order valence-corrected chi connectivity index (χ4v) is 1.22. The lowest BCUT2D eigenvalue weighted by molar-refractivity contribution is -0.195. The van der Waals surface area contributed by atoms with E-state index in [4.69, 9.17) is 5.11 Å². The van der Waals surface area contributed by atoms with Gasteiger partial charge in [0.25, 0.3) is 12.3 Å². The van der Waals surface area contributed by atoms with Crippen LogP contribution in [0.25, 0.3) is 0 Å². The fourth-order valence-electron chi connectivity index (χ4n) is 1.22. The van der Waals surface area contributed by atoms with Crippen molar-refractivity contribution in [3.63, 3.8) is 0 Å². The maximum Gasteiger partial charge on any atom is 0.333 e. The van der Waals surface area contributed by atoms with Crippen molar-refractivity contribution >= 4 is 18.3 Å². The number of rotatable bonds is 4. The van der Waals surface area contributed by atoms with Crippen LogP contribution in [0.2, 0.25) is 0 Å². The number of phenols is 1.